The highest BCUT2D eigenvalue weighted by Crippen LogP contribution is 2.28. The van der Waals surface area contributed by atoms with Crippen LogP contribution in [0.1, 0.15) is 67.5 Å². The van der Waals surface area contributed by atoms with Crippen LogP contribution in [0.4, 0.5) is 0 Å². The van der Waals surface area contributed by atoms with Crippen molar-refractivity contribution in [1.82, 2.24) is 20.6 Å². The second kappa shape index (κ2) is 8.91. The number of nitrogens with zero attached hydrogens (tertiary/aromatic N) is 3. The standard InChI is InChI=1S/C19H26N4O3/c1-2-3-4-9-16(12-23(25)13-24)18-21-22-19(26-18)17-10-14-7-5-6-8-15(14)11-20-17/h5-8,13,16-17,20,25H,2-4,9-12H2,1H3. The van der Waals surface area contributed by atoms with E-state index in [0.717, 1.165) is 38.6 Å². The summed E-state index contributed by atoms with van der Waals surface area (Å²) in [6, 6.07) is 8.32. The van der Waals surface area contributed by atoms with Gasteiger partial charge in [0.05, 0.1) is 18.5 Å². The van der Waals surface area contributed by atoms with Gasteiger partial charge < -0.3 is 9.73 Å². The average molecular weight is 358 g/mol. The number of hydroxylamine groups is 2. The normalized spacial score (nSPS) is 17.5. The summed E-state index contributed by atoms with van der Waals surface area (Å²) in [7, 11) is 0. The molecule has 7 heteroatoms. The monoisotopic (exact) mass is 358 g/mol. The fourth-order valence-electron chi connectivity index (χ4n) is 3.38. The van der Waals surface area contributed by atoms with Gasteiger partial charge in [0.25, 0.3) is 0 Å². The number of nitrogens with one attached hydrogen (secondary N) is 1. The number of benzene rings is 1. The molecule has 140 valence electrons. The molecule has 26 heavy (non-hydrogen) atoms. The predicted octanol–water partition coefficient (Wildman–Crippen LogP) is 2.97. The maximum absolute atomic E-state index is 10.8. The van der Waals surface area contributed by atoms with Crippen LogP contribution in [0.15, 0.2) is 28.7 Å². The van der Waals surface area contributed by atoms with Gasteiger partial charge in [0.15, 0.2) is 0 Å². The third kappa shape index (κ3) is 4.47. The van der Waals surface area contributed by atoms with Crippen LogP contribution in [0.5, 0.6) is 0 Å². The summed E-state index contributed by atoms with van der Waals surface area (Å²) in [5.41, 5.74) is 2.58. The van der Waals surface area contributed by atoms with Crippen LogP contribution in [0.2, 0.25) is 0 Å². The van der Waals surface area contributed by atoms with E-state index in [1.54, 1.807) is 0 Å². The van der Waals surface area contributed by atoms with Crippen LogP contribution < -0.4 is 5.32 Å². The van der Waals surface area contributed by atoms with Crippen molar-refractivity contribution >= 4 is 6.41 Å². The molecular weight excluding hydrogens is 332 g/mol. The van der Waals surface area contributed by atoms with Crippen molar-refractivity contribution < 1.29 is 14.4 Å². The summed E-state index contributed by atoms with van der Waals surface area (Å²) in [5.74, 6) is 0.886. The number of rotatable bonds is 9. The number of fused-ring (bicyclic) bond motifs is 1. The first-order valence-electron chi connectivity index (χ1n) is 9.25. The zero-order valence-corrected chi connectivity index (χ0v) is 15.1. The summed E-state index contributed by atoms with van der Waals surface area (Å²) >= 11 is 0. The Morgan fingerprint density at radius 3 is 2.92 bits per heavy atom. The number of aromatic nitrogens is 2. The van der Waals surface area contributed by atoms with Crippen LogP contribution in [-0.4, -0.2) is 33.4 Å². The van der Waals surface area contributed by atoms with E-state index in [2.05, 4.69) is 34.6 Å². The minimum atomic E-state index is -0.158. The van der Waals surface area contributed by atoms with Gasteiger partial charge in [-0.25, -0.2) is 5.06 Å². The molecule has 1 aromatic carbocycles. The molecule has 1 aromatic heterocycles. The van der Waals surface area contributed by atoms with E-state index in [9.17, 15) is 10.0 Å². The van der Waals surface area contributed by atoms with Crippen molar-refractivity contribution in [2.24, 2.45) is 0 Å². The lowest BCUT2D eigenvalue weighted by Gasteiger charge is -2.23. The Hall–Kier alpha value is -2.25. The van der Waals surface area contributed by atoms with E-state index in [4.69, 9.17) is 4.42 Å². The van der Waals surface area contributed by atoms with Crippen molar-refractivity contribution in [2.45, 2.75) is 57.5 Å². The Kier molecular flexibility index (Phi) is 6.35. The molecule has 2 heterocycles. The summed E-state index contributed by atoms with van der Waals surface area (Å²) in [6.07, 6.45) is 5.18. The molecule has 0 saturated heterocycles. The highest BCUT2D eigenvalue weighted by atomic mass is 16.5. The minimum Gasteiger partial charge on any atom is -0.423 e. The second-order valence-electron chi connectivity index (χ2n) is 6.81. The van der Waals surface area contributed by atoms with Gasteiger partial charge in [-0.2, -0.15) is 0 Å². The lowest BCUT2D eigenvalue weighted by Crippen LogP contribution is -2.28. The number of carbonyl (C=O) groups excluding carboxylic acids is 1. The Morgan fingerprint density at radius 2 is 2.15 bits per heavy atom. The summed E-state index contributed by atoms with van der Waals surface area (Å²) < 4.78 is 5.94. The first-order valence-corrected chi connectivity index (χ1v) is 9.25. The number of hydrogen-bond acceptors (Lipinski definition) is 6. The fourth-order valence-corrected chi connectivity index (χ4v) is 3.38. The molecule has 0 aliphatic carbocycles. The van der Waals surface area contributed by atoms with Crippen LogP contribution in [0.25, 0.3) is 0 Å². The van der Waals surface area contributed by atoms with E-state index < -0.39 is 0 Å². The maximum Gasteiger partial charge on any atom is 0.233 e. The van der Waals surface area contributed by atoms with Crippen molar-refractivity contribution in [2.75, 3.05) is 6.54 Å². The molecule has 2 atom stereocenters. The van der Waals surface area contributed by atoms with Gasteiger partial charge in [0.1, 0.15) is 0 Å². The molecule has 7 nitrogen and oxygen atoms in total. The quantitative estimate of drug-likeness (QED) is 0.310. The van der Waals surface area contributed by atoms with E-state index >= 15 is 0 Å². The lowest BCUT2D eigenvalue weighted by atomic mass is 9.96. The topological polar surface area (TPSA) is 91.5 Å². The third-order valence-corrected chi connectivity index (χ3v) is 4.87. The molecule has 0 fully saturated rings. The molecule has 0 bridgehead atoms. The van der Waals surface area contributed by atoms with E-state index in [0.29, 0.717) is 23.3 Å². The lowest BCUT2D eigenvalue weighted by molar-refractivity contribution is -0.151. The predicted molar refractivity (Wildman–Crippen MR) is 95.5 cm³/mol. The van der Waals surface area contributed by atoms with E-state index in [1.165, 1.54) is 11.1 Å². The highest BCUT2D eigenvalue weighted by Gasteiger charge is 2.26. The van der Waals surface area contributed by atoms with Crippen molar-refractivity contribution in [3.63, 3.8) is 0 Å². The van der Waals surface area contributed by atoms with Gasteiger partial charge in [0, 0.05) is 6.54 Å². The Bertz CT molecular complexity index is 718. The van der Waals surface area contributed by atoms with Crippen LogP contribution in [0.3, 0.4) is 0 Å². The van der Waals surface area contributed by atoms with E-state index in [-0.39, 0.29) is 18.5 Å². The average Bonchev–Trinajstić information content (AvgIpc) is 3.17. The van der Waals surface area contributed by atoms with E-state index in [1.807, 2.05) is 12.1 Å². The summed E-state index contributed by atoms with van der Waals surface area (Å²) in [5, 5.41) is 22.1. The van der Waals surface area contributed by atoms with Crippen molar-refractivity contribution in [3.05, 3.63) is 47.2 Å². The first kappa shape index (κ1) is 18.5. The molecule has 1 aliphatic rings. The molecule has 0 saturated carbocycles. The molecule has 3 rings (SSSR count). The van der Waals surface area contributed by atoms with Crippen molar-refractivity contribution in [1.29, 1.82) is 0 Å². The van der Waals surface area contributed by atoms with Gasteiger partial charge in [0.2, 0.25) is 18.2 Å². The second-order valence-corrected chi connectivity index (χ2v) is 6.81. The zero-order valence-electron chi connectivity index (χ0n) is 15.1. The third-order valence-electron chi connectivity index (χ3n) is 4.87. The Balaban J connectivity index is 1.71. The first-order chi connectivity index (χ1) is 12.7. The molecule has 0 spiro atoms. The molecule has 2 N–H and O–H groups in total. The Morgan fingerprint density at radius 1 is 1.35 bits per heavy atom. The van der Waals surface area contributed by atoms with Gasteiger partial charge in [-0.1, -0.05) is 50.5 Å². The zero-order chi connectivity index (χ0) is 18.4. The fraction of sp³-hybridized carbons (Fsp3) is 0.526. The summed E-state index contributed by atoms with van der Waals surface area (Å²) in [6.45, 7) is 3.07. The molecular formula is C19H26N4O3. The smallest absolute Gasteiger partial charge is 0.233 e. The van der Waals surface area contributed by atoms with Crippen LogP contribution >= 0.6 is 0 Å². The SMILES string of the molecule is CCCCCC(CN(O)C=O)c1nnc(C2Cc3ccccc3CN2)o1. The molecule has 2 aromatic rings. The Labute approximate surface area is 153 Å². The molecule has 2 unspecified atom stereocenters. The van der Waals surface area contributed by atoms with Crippen molar-refractivity contribution in [3.8, 4) is 0 Å². The van der Waals surface area contributed by atoms with Gasteiger partial charge in [-0.05, 0) is 24.0 Å². The summed E-state index contributed by atoms with van der Waals surface area (Å²) in [4.78, 5) is 10.8. The molecule has 0 radical (unpaired) electrons. The molecule has 1 amide bonds. The van der Waals surface area contributed by atoms with Gasteiger partial charge >= 0.3 is 0 Å². The van der Waals surface area contributed by atoms with Gasteiger partial charge in [-0.3, -0.25) is 10.0 Å². The maximum atomic E-state index is 10.8. The number of hydrogen-bond donors (Lipinski definition) is 2. The highest BCUT2D eigenvalue weighted by molar-refractivity contribution is 5.44. The number of amides is 1. The largest absolute Gasteiger partial charge is 0.423 e. The molecule has 1 aliphatic heterocycles. The number of unbranched alkanes of at least 4 members (excludes halogenated alkanes) is 2. The van der Waals surface area contributed by atoms with Gasteiger partial charge in [-0.15, -0.1) is 10.2 Å². The minimum absolute atomic E-state index is 0.0151. The van der Waals surface area contributed by atoms with Crippen LogP contribution in [0, 0.1) is 0 Å². The van der Waals surface area contributed by atoms with Crippen LogP contribution in [-0.2, 0) is 17.8 Å². The number of carbonyl (C=O) groups is 1.